The molecule has 2 aromatic heterocycles. The Morgan fingerprint density at radius 1 is 1.08 bits per heavy atom. The van der Waals surface area contributed by atoms with Crippen LogP contribution in [0.5, 0.6) is 0 Å². The lowest BCUT2D eigenvalue weighted by molar-refractivity contribution is -0.195. The second kappa shape index (κ2) is 9.73. The number of aromatic nitrogens is 4. The molecule has 0 bridgehead atoms. The molecular weight excluding hydrogens is 509 g/mol. The lowest BCUT2D eigenvalue weighted by atomic mass is 10.1. The van der Waals surface area contributed by atoms with Crippen molar-refractivity contribution in [3.8, 4) is 0 Å². The Bertz CT molecular complexity index is 1450. The summed E-state index contributed by atoms with van der Waals surface area (Å²) < 4.78 is 33.5. The van der Waals surface area contributed by atoms with E-state index in [1.165, 1.54) is 24.3 Å². The second-order valence-corrected chi connectivity index (χ2v) is 8.45. The molecule has 37 heavy (non-hydrogen) atoms. The number of ether oxygens (including phenoxy) is 3. The van der Waals surface area contributed by atoms with Gasteiger partial charge >= 0.3 is 11.9 Å². The first-order valence-corrected chi connectivity index (χ1v) is 11.3. The number of carbonyl (C=O) groups excluding carboxylic acids is 2. The molecule has 0 spiro atoms. The number of hydrogen-bond acceptors (Lipinski definition) is 10. The highest BCUT2D eigenvalue weighted by Crippen LogP contribution is 2.43. The van der Waals surface area contributed by atoms with Crippen LogP contribution in [0.3, 0.4) is 0 Å². The lowest BCUT2D eigenvalue weighted by Crippen LogP contribution is -2.46. The van der Waals surface area contributed by atoms with Gasteiger partial charge in [0.1, 0.15) is 18.2 Å². The fourth-order valence-corrected chi connectivity index (χ4v) is 4.11. The molecule has 3 heterocycles. The van der Waals surface area contributed by atoms with Crippen molar-refractivity contribution in [1.82, 2.24) is 19.5 Å². The number of imidazole rings is 1. The molecule has 0 aliphatic carbocycles. The van der Waals surface area contributed by atoms with Crippen LogP contribution in [0.4, 0.5) is 10.2 Å². The number of alkyl halides is 1. The third kappa shape index (κ3) is 4.69. The van der Waals surface area contributed by atoms with E-state index < -0.39 is 42.8 Å². The van der Waals surface area contributed by atoms with Crippen molar-refractivity contribution in [2.75, 3.05) is 12.3 Å². The molecule has 1 aliphatic rings. The number of halogens is 2. The maximum Gasteiger partial charge on any atom is 0.338 e. The number of rotatable bonds is 6. The zero-order valence-electron chi connectivity index (χ0n) is 18.9. The second-order valence-electron chi connectivity index (χ2n) is 8.11. The number of nitrogen functional groups attached to an aromatic ring is 1. The highest BCUT2D eigenvalue weighted by Gasteiger charge is 2.61. The summed E-state index contributed by atoms with van der Waals surface area (Å²) in [4.78, 5) is 37.1. The zero-order chi connectivity index (χ0) is 26.2. The molecule has 4 aromatic rings. The fraction of sp³-hybridized carbons (Fsp3) is 0.208. The number of anilines is 1. The van der Waals surface area contributed by atoms with Gasteiger partial charge in [-0.2, -0.15) is 9.97 Å². The Morgan fingerprint density at radius 2 is 1.70 bits per heavy atom. The average molecular weight is 528 g/mol. The van der Waals surface area contributed by atoms with Gasteiger partial charge in [-0.1, -0.05) is 36.4 Å². The standard InChI is InChI=1S/C24H19ClFN5O6/c25-23-29-18(27)16-19(30-23)31(12-28-16)22-24(26,34)17(37-21(33)14-9-5-2-6-10-14)15(36-22)11-35-20(32)13-7-3-1-4-8-13/h1-10,12,15,17,22,34H,11H2,(H2,27,29,30)/t15-,17-,22-,24+/m1/s1. The summed E-state index contributed by atoms with van der Waals surface area (Å²) in [7, 11) is 0. The Morgan fingerprint density at radius 3 is 2.35 bits per heavy atom. The van der Waals surface area contributed by atoms with Crippen molar-refractivity contribution in [1.29, 1.82) is 0 Å². The molecule has 4 atom stereocenters. The van der Waals surface area contributed by atoms with Crippen molar-refractivity contribution in [2.24, 2.45) is 0 Å². The van der Waals surface area contributed by atoms with E-state index in [4.69, 9.17) is 31.5 Å². The van der Waals surface area contributed by atoms with Gasteiger partial charge in [0, 0.05) is 0 Å². The maximum atomic E-state index is 16.1. The summed E-state index contributed by atoms with van der Waals surface area (Å²) in [6.45, 7) is -0.548. The maximum absolute atomic E-state index is 16.1. The molecule has 13 heteroatoms. The van der Waals surface area contributed by atoms with Gasteiger partial charge in [-0.3, -0.25) is 4.57 Å². The van der Waals surface area contributed by atoms with E-state index in [0.717, 1.165) is 10.9 Å². The molecule has 1 saturated heterocycles. The summed E-state index contributed by atoms with van der Waals surface area (Å²) in [6.07, 6.45) is -4.01. The van der Waals surface area contributed by atoms with Crippen molar-refractivity contribution in [3.05, 3.63) is 83.4 Å². The van der Waals surface area contributed by atoms with Gasteiger partial charge in [0.15, 0.2) is 23.8 Å². The summed E-state index contributed by atoms with van der Waals surface area (Å²) in [5.74, 6) is -5.03. The molecule has 0 saturated carbocycles. The van der Waals surface area contributed by atoms with Crippen LogP contribution in [0.2, 0.25) is 5.28 Å². The Hall–Kier alpha value is -4.13. The van der Waals surface area contributed by atoms with E-state index >= 15 is 4.39 Å². The van der Waals surface area contributed by atoms with Crippen molar-refractivity contribution >= 4 is 40.5 Å². The summed E-state index contributed by atoms with van der Waals surface area (Å²) >= 11 is 5.90. The van der Waals surface area contributed by atoms with Crippen LogP contribution < -0.4 is 5.73 Å². The van der Waals surface area contributed by atoms with Crippen molar-refractivity contribution in [2.45, 2.75) is 24.3 Å². The number of hydrogen-bond donors (Lipinski definition) is 2. The van der Waals surface area contributed by atoms with E-state index in [1.54, 1.807) is 36.4 Å². The number of benzene rings is 2. The SMILES string of the molecule is Nc1nc(Cl)nc2c1ncn2[C@@H]1O[C@H](COC(=O)c2ccccc2)[C@@H](OC(=O)c2ccccc2)[C@@]1(O)F. The topological polar surface area (TPSA) is 152 Å². The Labute approximate surface area is 213 Å². The average Bonchev–Trinajstić information content (AvgIpc) is 3.41. The highest BCUT2D eigenvalue weighted by atomic mass is 35.5. The monoisotopic (exact) mass is 527 g/mol. The lowest BCUT2D eigenvalue weighted by Gasteiger charge is -2.26. The van der Waals surface area contributed by atoms with Gasteiger partial charge in [0.05, 0.1) is 17.5 Å². The quantitative estimate of drug-likeness (QED) is 0.283. The first kappa shape index (κ1) is 24.6. The third-order valence-electron chi connectivity index (χ3n) is 5.69. The first-order chi connectivity index (χ1) is 17.8. The summed E-state index contributed by atoms with van der Waals surface area (Å²) in [5, 5.41) is 10.7. The minimum atomic E-state index is -3.31. The summed E-state index contributed by atoms with van der Waals surface area (Å²) in [5.41, 5.74) is 6.23. The normalized spacial score (nSPS) is 23.2. The number of nitrogens with two attached hydrogens (primary N) is 1. The molecule has 1 fully saturated rings. The molecular formula is C24H19ClFN5O6. The number of fused-ring (bicyclic) bond motifs is 1. The minimum absolute atomic E-state index is 0.0337. The van der Waals surface area contributed by atoms with Crippen LogP contribution in [-0.2, 0) is 14.2 Å². The zero-order valence-corrected chi connectivity index (χ0v) is 19.7. The van der Waals surface area contributed by atoms with Gasteiger partial charge in [-0.25, -0.2) is 19.0 Å². The fourth-order valence-electron chi connectivity index (χ4n) is 3.93. The van der Waals surface area contributed by atoms with E-state index in [-0.39, 0.29) is 33.4 Å². The van der Waals surface area contributed by atoms with E-state index in [9.17, 15) is 14.7 Å². The van der Waals surface area contributed by atoms with Gasteiger partial charge in [0.2, 0.25) is 5.28 Å². The predicted molar refractivity (Wildman–Crippen MR) is 127 cm³/mol. The van der Waals surface area contributed by atoms with Crippen LogP contribution in [0, 0.1) is 0 Å². The van der Waals surface area contributed by atoms with Gasteiger partial charge < -0.3 is 25.1 Å². The number of esters is 2. The molecule has 190 valence electrons. The van der Waals surface area contributed by atoms with Crippen LogP contribution in [0.15, 0.2) is 67.0 Å². The molecule has 3 N–H and O–H groups in total. The summed E-state index contributed by atoms with van der Waals surface area (Å²) in [6, 6.07) is 15.9. The highest BCUT2D eigenvalue weighted by molar-refractivity contribution is 6.28. The first-order valence-electron chi connectivity index (χ1n) is 11.0. The predicted octanol–water partition coefficient (Wildman–Crippen LogP) is 2.70. The Balaban J connectivity index is 1.47. The number of nitrogens with zero attached hydrogens (tertiary/aromatic N) is 4. The Kier molecular flexibility index (Phi) is 6.46. The van der Waals surface area contributed by atoms with Crippen LogP contribution in [0.25, 0.3) is 11.2 Å². The largest absolute Gasteiger partial charge is 0.459 e. The number of carbonyl (C=O) groups is 2. The van der Waals surface area contributed by atoms with Gasteiger partial charge in [-0.15, -0.1) is 0 Å². The van der Waals surface area contributed by atoms with E-state index in [2.05, 4.69) is 15.0 Å². The number of aliphatic hydroxyl groups is 1. The molecule has 0 radical (unpaired) electrons. The van der Waals surface area contributed by atoms with Gasteiger partial charge in [0.25, 0.3) is 5.85 Å². The smallest absolute Gasteiger partial charge is 0.338 e. The molecule has 5 rings (SSSR count). The third-order valence-corrected chi connectivity index (χ3v) is 5.86. The van der Waals surface area contributed by atoms with Crippen molar-refractivity contribution < 1.29 is 33.3 Å². The van der Waals surface area contributed by atoms with Gasteiger partial charge in [-0.05, 0) is 35.9 Å². The molecule has 0 amide bonds. The molecule has 0 unspecified atom stereocenters. The molecule has 2 aromatic carbocycles. The minimum Gasteiger partial charge on any atom is -0.459 e. The molecule has 11 nitrogen and oxygen atoms in total. The van der Waals surface area contributed by atoms with Crippen LogP contribution in [0.1, 0.15) is 26.9 Å². The van der Waals surface area contributed by atoms with Crippen LogP contribution in [-0.4, -0.2) is 61.2 Å². The van der Waals surface area contributed by atoms with Crippen molar-refractivity contribution in [3.63, 3.8) is 0 Å². The van der Waals surface area contributed by atoms with E-state index in [1.807, 2.05) is 0 Å². The van der Waals surface area contributed by atoms with Crippen LogP contribution >= 0.6 is 11.6 Å². The van der Waals surface area contributed by atoms with E-state index in [0.29, 0.717) is 0 Å². The molecule has 1 aliphatic heterocycles.